The number of aliphatic hydroxyl groups is 1. The Labute approximate surface area is 163 Å². The summed E-state index contributed by atoms with van der Waals surface area (Å²) in [5.74, 6) is 0.0314. The van der Waals surface area contributed by atoms with E-state index >= 15 is 0 Å². The summed E-state index contributed by atoms with van der Waals surface area (Å²) < 4.78 is 2.76. The summed E-state index contributed by atoms with van der Waals surface area (Å²) in [5.41, 5.74) is 2.17. The molecule has 0 bridgehead atoms. The highest BCUT2D eigenvalue weighted by Crippen LogP contribution is 2.36. The number of aromatic nitrogens is 6. The van der Waals surface area contributed by atoms with E-state index in [-0.39, 0.29) is 22.5 Å². The molecule has 0 radical (unpaired) electrons. The number of rotatable bonds is 2. The highest BCUT2D eigenvalue weighted by molar-refractivity contribution is 6.51. The van der Waals surface area contributed by atoms with Crippen LogP contribution in [0, 0.1) is 20.8 Å². The number of ketones is 1. The van der Waals surface area contributed by atoms with Gasteiger partial charge in [-0.3, -0.25) is 14.7 Å². The molecule has 9 nitrogen and oxygen atoms in total. The van der Waals surface area contributed by atoms with Crippen LogP contribution in [0.1, 0.15) is 22.8 Å². The van der Waals surface area contributed by atoms with Crippen LogP contribution in [0.25, 0.3) is 22.5 Å². The number of Topliss-reactive ketones (excluding diaryl/α,β-unsaturated/α-hetero) is 1. The number of nitrogens with one attached hydrogen (secondary N) is 2. The molecule has 0 saturated carbocycles. The molecule has 0 spiro atoms. The van der Waals surface area contributed by atoms with E-state index in [4.69, 9.17) is 0 Å². The highest BCUT2D eigenvalue weighted by Gasteiger charge is 2.40. The molecule has 4 aromatic rings. The van der Waals surface area contributed by atoms with Crippen molar-refractivity contribution in [1.82, 2.24) is 24.6 Å². The first-order valence-electron chi connectivity index (χ1n) is 9.03. The first-order chi connectivity index (χ1) is 13.9. The first-order valence-corrected chi connectivity index (χ1v) is 9.03. The Kier molecular flexibility index (Phi) is 3.39. The van der Waals surface area contributed by atoms with E-state index in [2.05, 4.69) is 20.3 Å². The zero-order valence-electron chi connectivity index (χ0n) is 15.9. The van der Waals surface area contributed by atoms with Crippen LogP contribution in [-0.4, -0.2) is 35.5 Å². The molecule has 0 aliphatic heterocycles. The van der Waals surface area contributed by atoms with Crippen molar-refractivity contribution < 1.29 is 14.9 Å². The fourth-order valence-electron chi connectivity index (χ4n) is 3.80. The van der Waals surface area contributed by atoms with E-state index in [0.29, 0.717) is 33.8 Å². The number of hydrogen-bond donors (Lipinski definition) is 2. The van der Waals surface area contributed by atoms with Crippen molar-refractivity contribution in [2.45, 2.75) is 20.8 Å². The Hall–Kier alpha value is -4.01. The maximum Gasteiger partial charge on any atom is 0.297 e. The number of benzene rings is 1. The van der Waals surface area contributed by atoms with Gasteiger partial charge < -0.3 is 5.11 Å². The summed E-state index contributed by atoms with van der Waals surface area (Å²) >= 11 is 0. The van der Waals surface area contributed by atoms with Crippen LogP contribution < -0.4 is 15.8 Å². The second kappa shape index (κ2) is 5.74. The number of aliphatic hydroxyl groups excluding tert-OH is 1. The maximum absolute atomic E-state index is 13.0. The van der Waals surface area contributed by atoms with Crippen LogP contribution in [0.4, 0.5) is 0 Å². The highest BCUT2D eigenvalue weighted by atomic mass is 16.3. The lowest BCUT2D eigenvalue weighted by Crippen LogP contribution is -2.31. The number of para-hydroxylation sites is 1. The van der Waals surface area contributed by atoms with Crippen molar-refractivity contribution in [3.05, 3.63) is 74.4 Å². The van der Waals surface area contributed by atoms with Crippen molar-refractivity contribution in [2.75, 3.05) is 0 Å². The van der Waals surface area contributed by atoms with Gasteiger partial charge in [-0.2, -0.15) is 0 Å². The Morgan fingerprint density at radius 1 is 1.03 bits per heavy atom. The average molecular weight is 389 g/mol. The minimum absolute atomic E-state index is 0.0171. The molecule has 1 aliphatic rings. The molecule has 0 unspecified atom stereocenters. The van der Waals surface area contributed by atoms with Crippen LogP contribution >= 0.6 is 0 Å². The van der Waals surface area contributed by atoms with Gasteiger partial charge in [0.15, 0.2) is 0 Å². The summed E-state index contributed by atoms with van der Waals surface area (Å²) in [6, 6.07) is 9.04. The number of aryl methyl sites for hydroxylation is 3. The molecule has 0 atom stereocenters. The summed E-state index contributed by atoms with van der Waals surface area (Å²) in [6.07, 6.45) is 0. The number of H-pyrrole nitrogens is 2. The van der Waals surface area contributed by atoms with E-state index in [1.807, 2.05) is 18.2 Å². The predicted molar refractivity (Wildman–Crippen MR) is 103 cm³/mol. The van der Waals surface area contributed by atoms with E-state index in [1.54, 1.807) is 32.9 Å². The molecule has 144 valence electrons. The molecule has 29 heavy (non-hydrogen) atoms. The molecule has 5 rings (SSSR count). The normalized spacial score (nSPS) is 16.0. The minimum atomic E-state index is -0.396. The summed E-state index contributed by atoms with van der Waals surface area (Å²) in [5, 5.41) is 22.7. The topological polar surface area (TPSA) is 119 Å². The number of hydrogen-bond acceptors (Lipinski definition) is 5. The molecule has 0 amide bonds. The van der Waals surface area contributed by atoms with Gasteiger partial charge in [-0.05, 0) is 26.0 Å². The molecule has 3 aromatic heterocycles. The number of carbonyl (C=O) groups is 1. The van der Waals surface area contributed by atoms with E-state index in [9.17, 15) is 14.7 Å². The van der Waals surface area contributed by atoms with Crippen LogP contribution in [0.5, 0.6) is 0 Å². The van der Waals surface area contributed by atoms with Crippen molar-refractivity contribution >= 4 is 22.6 Å². The molecular formula is C20H17N6O3+. The number of allylic oxidation sites excluding steroid dienone is 2. The Morgan fingerprint density at radius 2 is 1.76 bits per heavy atom. The molecule has 1 aromatic carbocycles. The maximum atomic E-state index is 13.0. The SMILES string of the molecule is Cc1nn2nc(C)/c(=C3/C(=O)C(c4c(C)[nH]n(-c5ccccc5)c4=O)=C3O)c2[nH+]1. The third kappa shape index (κ3) is 2.24. The largest absolute Gasteiger partial charge is 0.506 e. The Bertz CT molecular complexity index is 1470. The lowest BCUT2D eigenvalue weighted by Gasteiger charge is -2.19. The standard InChI is InChI=1S/C20H16N6O3/c1-9-13(19-21-11(3)24-26(19)23-9)15-17(27)16(18(15)28)14-10(2)22-25(20(14)29)12-7-5-4-6-8-12/h4-8,22,27H,1-3H3/p+1/b15-13-. The molecule has 3 heterocycles. The minimum Gasteiger partial charge on any atom is -0.506 e. The summed E-state index contributed by atoms with van der Waals surface area (Å²) in [6.45, 7) is 5.21. The van der Waals surface area contributed by atoms with E-state index in [1.165, 1.54) is 9.31 Å². The zero-order valence-corrected chi connectivity index (χ0v) is 15.9. The smallest absolute Gasteiger partial charge is 0.297 e. The monoisotopic (exact) mass is 389 g/mol. The van der Waals surface area contributed by atoms with Gasteiger partial charge in [0.25, 0.3) is 17.0 Å². The van der Waals surface area contributed by atoms with Crippen LogP contribution in [0.3, 0.4) is 0 Å². The van der Waals surface area contributed by atoms with Gasteiger partial charge >= 0.3 is 0 Å². The molecule has 3 N–H and O–H groups in total. The third-order valence-electron chi connectivity index (χ3n) is 5.10. The lowest BCUT2D eigenvalue weighted by atomic mass is 9.82. The second-order valence-corrected chi connectivity index (χ2v) is 7.02. The number of nitrogens with zero attached hydrogens (tertiary/aromatic N) is 4. The van der Waals surface area contributed by atoms with Gasteiger partial charge in [-0.15, -0.1) is 0 Å². The third-order valence-corrected chi connectivity index (χ3v) is 5.10. The molecular weight excluding hydrogens is 372 g/mol. The molecule has 0 saturated heterocycles. The van der Waals surface area contributed by atoms with Gasteiger partial charge in [0.05, 0.1) is 38.4 Å². The fourth-order valence-corrected chi connectivity index (χ4v) is 3.80. The number of aromatic amines is 2. The lowest BCUT2D eigenvalue weighted by molar-refractivity contribution is -0.357. The molecule has 0 fully saturated rings. The van der Waals surface area contributed by atoms with Crippen LogP contribution in [0.15, 0.2) is 40.9 Å². The van der Waals surface area contributed by atoms with Gasteiger partial charge in [0.1, 0.15) is 5.76 Å². The van der Waals surface area contributed by atoms with Crippen molar-refractivity contribution in [1.29, 1.82) is 0 Å². The van der Waals surface area contributed by atoms with E-state index < -0.39 is 11.3 Å². The van der Waals surface area contributed by atoms with Crippen LogP contribution in [-0.2, 0) is 4.79 Å². The summed E-state index contributed by atoms with van der Waals surface area (Å²) in [7, 11) is 0. The van der Waals surface area contributed by atoms with Gasteiger partial charge in [0.2, 0.25) is 5.78 Å². The van der Waals surface area contributed by atoms with Gasteiger partial charge in [-0.25, -0.2) is 9.67 Å². The van der Waals surface area contributed by atoms with Crippen LogP contribution in [0.2, 0.25) is 0 Å². The van der Waals surface area contributed by atoms with Gasteiger partial charge in [0, 0.05) is 17.2 Å². The van der Waals surface area contributed by atoms with Crippen molar-refractivity contribution in [2.24, 2.45) is 0 Å². The molecule has 1 aliphatic carbocycles. The number of fused-ring (bicyclic) bond motifs is 1. The van der Waals surface area contributed by atoms with Gasteiger partial charge in [-0.1, -0.05) is 23.3 Å². The number of carbonyl (C=O) groups excluding carboxylic acids is 1. The quantitative estimate of drug-likeness (QED) is 0.513. The summed E-state index contributed by atoms with van der Waals surface area (Å²) in [4.78, 5) is 29.1. The second-order valence-electron chi connectivity index (χ2n) is 7.02. The fraction of sp³-hybridized carbons (Fsp3) is 0.150. The Morgan fingerprint density at radius 3 is 2.45 bits per heavy atom. The van der Waals surface area contributed by atoms with Crippen molar-refractivity contribution in [3.8, 4) is 5.69 Å². The predicted octanol–water partition coefficient (Wildman–Crippen LogP) is 0.369. The molecule has 9 heteroatoms. The zero-order chi connectivity index (χ0) is 20.4. The first kappa shape index (κ1) is 17.1. The van der Waals surface area contributed by atoms with E-state index in [0.717, 1.165) is 0 Å². The Balaban J connectivity index is 1.75. The average Bonchev–Trinajstić information content (AvgIpc) is 3.29. The van der Waals surface area contributed by atoms with Crippen molar-refractivity contribution in [3.63, 3.8) is 0 Å².